The molecular formula is C21H19F6N3O4. The van der Waals surface area contributed by atoms with E-state index in [0.29, 0.717) is 6.07 Å². The Morgan fingerprint density at radius 3 is 2.35 bits per heavy atom. The van der Waals surface area contributed by atoms with E-state index < -0.39 is 59.8 Å². The molecule has 2 amide bonds. The molecule has 2 atom stereocenters. The average molecular weight is 491 g/mol. The number of amides is 2. The van der Waals surface area contributed by atoms with Crippen molar-refractivity contribution in [2.45, 2.75) is 25.2 Å². The zero-order valence-electron chi connectivity index (χ0n) is 17.4. The van der Waals surface area contributed by atoms with Crippen LogP contribution in [-0.2, 0) is 0 Å². The highest BCUT2D eigenvalue weighted by Gasteiger charge is 2.45. The molecule has 0 aliphatic heterocycles. The van der Waals surface area contributed by atoms with E-state index in [4.69, 9.17) is 9.52 Å². The number of fused-ring (bicyclic) bond motifs is 1. The quantitative estimate of drug-likeness (QED) is 0.316. The number of hydrogen-bond acceptors (Lipinski definition) is 5. The third-order valence-electron chi connectivity index (χ3n) is 4.77. The SMILES string of the molecule is Cc1c(C(NC(=O)Nc2cc(F)cc(NC[C@@H](O)CO)c2)C(F)(F)F)oc2c(F)cc(F)cc12. The van der Waals surface area contributed by atoms with E-state index in [1.54, 1.807) is 5.32 Å². The number of alkyl halides is 3. The van der Waals surface area contributed by atoms with Crippen molar-refractivity contribution < 1.29 is 45.8 Å². The molecule has 7 nitrogen and oxygen atoms in total. The smallest absolute Gasteiger partial charge is 0.416 e. The summed E-state index contributed by atoms with van der Waals surface area (Å²) in [4.78, 5) is 12.3. The number of aliphatic hydroxyl groups is 2. The monoisotopic (exact) mass is 491 g/mol. The standard InChI is InChI=1S/C21H19F6N3O4/c1-9-15-4-11(23)5-16(24)18(15)34-17(9)19(21(25,26)27)30-20(33)29-13-3-10(22)2-12(6-13)28-7-14(32)8-31/h2-6,14,19,28,31-32H,7-8H2,1H3,(H2,29,30,33)/t14-,19?/m1/s1. The third-order valence-corrected chi connectivity index (χ3v) is 4.77. The highest BCUT2D eigenvalue weighted by Crippen LogP contribution is 2.39. The van der Waals surface area contributed by atoms with Gasteiger partial charge in [-0.05, 0) is 31.2 Å². The second kappa shape index (κ2) is 9.81. The van der Waals surface area contributed by atoms with Gasteiger partial charge in [0.05, 0.1) is 12.7 Å². The van der Waals surface area contributed by atoms with E-state index in [9.17, 15) is 36.2 Å². The summed E-state index contributed by atoms with van der Waals surface area (Å²) in [6.07, 6.45) is -6.24. The molecule has 5 N–H and O–H groups in total. The lowest BCUT2D eigenvalue weighted by Crippen LogP contribution is -2.40. The van der Waals surface area contributed by atoms with Crippen LogP contribution in [0.2, 0.25) is 0 Å². The minimum Gasteiger partial charge on any atom is -0.455 e. The molecule has 1 unspecified atom stereocenters. The zero-order chi connectivity index (χ0) is 25.2. The second-order valence-electron chi connectivity index (χ2n) is 7.37. The normalized spacial score (nSPS) is 13.6. The van der Waals surface area contributed by atoms with Gasteiger partial charge in [0.15, 0.2) is 17.4 Å². The summed E-state index contributed by atoms with van der Waals surface area (Å²) in [7, 11) is 0. The molecule has 0 bridgehead atoms. The van der Waals surface area contributed by atoms with Gasteiger partial charge in [-0.2, -0.15) is 13.2 Å². The zero-order valence-corrected chi connectivity index (χ0v) is 17.4. The maximum atomic E-state index is 14.0. The molecule has 34 heavy (non-hydrogen) atoms. The van der Waals surface area contributed by atoms with Gasteiger partial charge in [0, 0.05) is 34.9 Å². The largest absolute Gasteiger partial charge is 0.455 e. The van der Waals surface area contributed by atoms with Crippen LogP contribution in [0.1, 0.15) is 17.4 Å². The van der Waals surface area contributed by atoms with E-state index in [1.165, 1.54) is 6.07 Å². The van der Waals surface area contributed by atoms with Crippen LogP contribution in [-0.4, -0.2) is 41.7 Å². The summed E-state index contributed by atoms with van der Waals surface area (Å²) in [6.45, 7) is 0.431. The van der Waals surface area contributed by atoms with Gasteiger partial charge in [0.1, 0.15) is 17.4 Å². The summed E-state index contributed by atoms with van der Waals surface area (Å²) in [5, 5.41) is 24.2. The number of anilines is 2. The van der Waals surface area contributed by atoms with Crippen LogP contribution >= 0.6 is 0 Å². The molecule has 1 heterocycles. The molecule has 2 aromatic carbocycles. The average Bonchev–Trinajstić information content (AvgIpc) is 3.05. The Balaban J connectivity index is 1.84. The fourth-order valence-electron chi connectivity index (χ4n) is 3.20. The van der Waals surface area contributed by atoms with Gasteiger partial charge < -0.3 is 30.6 Å². The van der Waals surface area contributed by atoms with E-state index in [1.807, 2.05) is 0 Å². The van der Waals surface area contributed by atoms with E-state index in [-0.39, 0.29) is 28.9 Å². The molecule has 0 spiro atoms. The Kier molecular flexibility index (Phi) is 7.26. The van der Waals surface area contributed by atoms with Crippen molar-refractivity contribution >= 4 is 28.4 Å². The summed E-state index contributed by atoms with van der Waals surface area (Å²) in [6, 6.07) is 0.155. The second-order valence-corrected chi connectivity index (χ2v) is 7.37. The summed E-state index contributed by atoms with van der Waals surface area (Å²) < 4.78 is 87.6. The van der Waals surface area contributed by atoms with Gasteiger partial charge >= 0.3 is 12.2 Å². The number of furan rings is 1. The van der Waals surface area contributed by atoms with Crippen LogP contribution in [0, 0.1) is 24.4 Å². The highest BCUT2D eigenvalue weighted by atomic mass is 19.4. The van der Waals surface area contributed by atoms with E-state index in [0.717, 1.165) is 25.1 Å². The van der Waals surface area contributed by atoms with Crippen molar-refractivity contribution in [1.82, 2.24) is 5.32 Å². The van der Waals surface area contributed by atoms with Gasteiger partial charge in [0.2, 0.25) is 0 Å². The van der Waals surface area contributed by atoms with E-state index in [2.05, 4.69) is 10.6 Å². The van der Waals surface area contributed by atoms with Gasteiger partial charge in [-0.3, -0.25) is 0 Å². The van der Waals surface area contributed by atoms with Crippen LogP contribution in [0.3, 0.4) is 0 Å². The Labute approximate surface area is 188 Å². The summed E-state index contributed by atoms with van der Waals surface area (Å²) in [5.74, 6) is -3.92. The number of nitrogens with one attached hydrogen (secondary N) is 3. The Hall–Kier alpha value is -3.45. The number of carbonyl (C=O) groups is 1. The molecular weight excluding hydrogens is 472 g/mol. The summed E-state index contributed by atoms with van der Waals surface area (Å²) >= 11 is 0. The molecule has 13 heteroatoms. The summed E-state index contributed by atoms with van der Waals surface area (Å²) in [5.41, 5.74) is -0.985. The van der Waals surface area contributed by atoms with Gasteiger partial charge in [-0.1, -0.05) is 0 Å². The minimum atomic E-state index is -5.08. The van der Waals surface area contributed by atoms with Gasteiger partial charge in [-0.25, -0.2) is 18.0 Å². The molecule has 0 aliphatic carbocycles. The lowest BCUT2D eigenvalue weighted by atomic mass is 10.1. The first-order valence-electron chi connectivity index (χ1n) is 9.74. The number of hydrogen-bond donors (Lipinski definition) is 5. The third kappa shape index (κ3) is 5.72. The molecule has 0 saturated heterocycles. The minimum absolute atomic E-state index is 0.0702. The van der Waals surface area contributed by atoms with Crippen molar-refractivity contribution in [2.24, 2.45) is 0 Å². The number of rotatable bonds is 7. The lowest BCUT2D eigenvalue weighted by Gasteiger charge is -2.21. The molecule has 3 rings (SSSR count). The van der Waals surface area contributed by atoms with Gasteiger partial charge in [-0.15, -0.1) is 0 Å². The molecule has 0 radical (unpaired) electrons. The molecule has 1 aromatic heterocycles. The van der Waals surface area contributed by atoms with Crippen LogP contribution in [0.4, 0.5) is 42.5 Å². The number of halogens is 6. The molecule has 0 aliphatic rings. The Morgan fingerprint density at radius 1 is 1.06 bits per heavy atom. The fraction of sp³-hybridized carbons (Fsp3) is 0.286. The van der Waals surface area contributed by atoms with Crippen molar-refractivity contribution in [1.29, 1.82) is 0 Å². The maximum Gasteiger partial charge on any atom is 0.416 e. The predicted octanol–water partition coefficient (Wildman–Crippen LogP) is 4.35. The van der Waals surface area contributed by atoms with Crippen LogP contribution in [0.25, 0.3) is 11.0 Å². The molecule has 184 valence electrons. The van der Waals surface area contributed by atoms with Crippen molar-refractivity contribution in [3.05, 3.63) is 59.1 Å². The van der Waals surface area contributed by atoms with Crippen molar-refractivity contribution in [2.75, 3.05) is 23.8 Å². The lowest BCUT2D eigenvalue weighted by molar-refractivity contribution is -0.158. The van der Waals surface area contributed by atoms with Crippen LogP contribution in [0.15, 0.2) is 34.7 Å². The first-order chi connectivity index (χ1) is 15.9. The van der Waals surface area contributed by atoms with Gasteiger partial charge in [0.25, 0.3) is 0 Å². The topological polar surface area (TPSA) is 107 Å². The predicted molar refractivity (Wildman–Crippen MR) is 110 cm³/mol. The number of carbonyl (C=O) groups excluding carboxylic acids is 1. The van der Waals surface area contributed by atoms with Crippen molar-refractivity contribution in [3.63, 3.8) is 0 Å². The van der Waals surface area contributed by atoms with E-state index >= 15 is 0 Å². The molecule has 0 saturated carbocycles. The first kappa shape index (κ1) is 25.2. The number of urea groups is 1. The number of benzene rings is 2. The Bertz CT molecular complexity index is 1200. The molecule has 0 fully saturated rings. The van der Waals surface area contributed by atoms with Crippen LogP contribution < -0.4 is 16.0 Å². The Morgan fingerprint density at radius 2 is 1.71 bits per heavy atom. The highest BCUT2D eigenvalue weighted by molar-refractivity contribution is 5.90. The first-order valence-corrected chi connectivity index (χ1v) is 9.74. The number of aliphatic hydroxyl groups excluding tert-OH is 2. The fourth-order valence-corrected chi connectivity index (χ4v) is 3.20. The van der Waals surface area contributed by atoms with Crippen LogP contribution in [0.5, 0.6) is 0 Å². The maximum absolute atomic E-state index is 14.0. The van der Waals surface area contributed by atoms with Crippen molar-refractivity contribution in [3.8, 4) is 0 Å². The molecule has 3 aromatic rings. The number of aryl methyl sites for hydroxylation is 1.